The minimum atomic E-state index is 0.114. The van der Waals surface area contributed by atoms with Gasteiger partial charge < -0.3 is 10.2 Å². The number of piperidine rings is 1. The van der Waals surface area contributed by atoms with Gasteiger partial charge >= 0.3 is 0 Å². The molecular formula is C13H16N2O2S. The maximum absolute atomic E-state index is 12.2. The van der Waals surface area contributed by atoms with Crippen LogP contribution in [0.1, 0.15) is 29.6 Å². The molecule has 1 aromatic heterocycles. The van der Waals surface area contributed by atoms with Gasteiger partial charge in [0.1, 0.15) is 0 Å². The van der Waals surface area contributed by atoms with Crippen LogP contribution in [0, 0.1) is 5.41 Å². The topological polar surface area (TPSA) is 49.4 Å². The molecule has 3 rings (SSSR count). The Labute approximate surface area is 110 Å². The summed E-state index contributed by atoms with van der Waals surface area (Å²) >= 11 is 1.55. The summed E-state index contributed by atoms with van der Waals surface area (Å²) in [5, 5.41) is 6.74. The van der Waals surface area contributed by atoms with E-state index in [-0.39, 0.29) is 17.2 Å². The third kappa shape index (κ3) is 2.03. The standard InChI is InChI=1S/C13H16N2O2S/c16-11-7-13(9-14-11)2-4-15(5-3-13)12(17)10-1-6-18-8-10/h1,6,8H,2-5,7,9H2,(H,14,16). The lowest BCUT2D eigenvalue weighted by Gasteiger charge is -2.38. The maximum atomic E-state index is 12.2. The number of hydrogen-bond acceptors (Lipinski definition) is 3. The van der Waals surface area contributed by atoms with Gasteiger partial charge in [-0.2, -0.15) is 11.3 Å². The molecule has 1 N–H and O–H groups in total. The van der Waals surface area contributed by atoms with Gasteiger partial charge in [-0.05, 0) is 29.7 Å². The molecule has 5 heteroatoms. The smallest absolute Gasteiger partial charge is 0.254 e. The molecule has 2 saturated heterocycles. The van der Waals surface area contributed by atoms with Gasteiger partial charge in [0.15, 0.2) is 0 Å². The summed E-state index contributed by atoms with van der Waals surface area (Å²) in [7, 11) is 0. The first-order valence-corrected chi connectivity index (χ1v) is 7.21. The van der Waals surface area contributed by atoms with E-state index in [4.69, 9.17) is 0 Å². The van der Waals surface area contributed by atoms with Crippen LogP contribution in [0.3, 0.4) is 0 Å². The molecule has 1 aromatic rings. The Bertz CT molecular complexity index is 461. The van der Waals surface area contributed by atoms with Crippen molar-refractivity contribution in [2.75, 3.05) is 19.6 Å². The van der Waals surface area contributed by atoms with Crippen LogP contribution in [0.4, 0.5) is 0 Å². The molecule has 1 spiro atoms. The van der Waals surface area contributed by atoms with Crippen LogP contribution >= 0.6 is 11.3 Å². The quantitative estimate of drug-likeness (QED) is 0.835. The number of carbonyl (C=O) groups excluding carboxylic acids is 2. The van der Waals surface area contributed by atoms with E-state index in [1.54, 1.807) is 11.3 Å². The summed E-state index contributed by atoms with van der Waals surface area (Å²) in [5.41, 5.74) is 0.902. The average molecular weight is 264 g/mol. The lowest BCUT2D eigenvalue weighted by atomic mass is 9.77. The zero-order valence-electron chi connectivity index (χ0n) is 10.1. The Balaban J connectivity index is 1.64. The zero-order valence-corrected chi connectivity index (χ0v) is 11.0. The Kier molecular flexibility index (Phi) is 2.86. The second-order valence-electron chi connectivity index (χ2n) is 5.26. The molecule has 0 radical (unpaired) electrons. The zero-order chi connectivity index (χ0) is 12.6. The van der Waals surface area contributed by atoms with Crippen molar-refractivity contribution in [3.05, 3.63) is 22.4 Å². The van der Waals surface area contributed by atoms with Gasteiger partial charge in [-0.3, -0.25) is 9.59 Å². The highest BCUT2D eigenvalue weighted by Crippen LogP contribution is 2.37. The monoisotopic (exact) mass is 264 g/mol. The number of rotatable bonds is 1. The predicted octanol–water partition coefficient (Wildman–Crippen LogP) is 1.49. The number of amides is 2. The van der Waals surface area contributed by atoms with Crippen molar-refractivity contribution < 1.29 is 9.59 Å². The van der Waals surface area contributed by atoms with Gasteiger partial charge in [-0.15, -0.1) is 0 Å². The third-order valence-corrected chi connectivity index (χ3v) is 4.76. The van der Waals surface area contributed by atoms with Crippen LogP contribution in [-0.4, -0.2) is 36.3 Å². The van der Waals surface area contributed by atoms with Crippen LogP contribution in [0.2, 0.25) is 0 Å². The summed E-state index contributed by atoms with van der Waals surface area (Å²) in [4.78, 5) is 25.4. The molecule has 0 atom stereocenters. The molecule has 2 amide bonds. The molecular weight excluding hydrogens is 248 g/mol. The molecule has 0 saturated carbocycles. The normalized spacial score (nSPS) is 22.2. The van der Waals surface area contributed by atoms with Gasteiger partial charge in [0.2, 0.25) is 5.91 Å². The molecule has 4 nitrogen and oxygen atoms in total. The van der Waals surface area contributed by atoms with Crippen LogP contribution in [0.15, 0.2) is 16.8 Å². The van der Waals surface area contributed by atoms with E-state index in [0.717, 1.165) is 38.0 Å². The second kappa shape index (κ2) is 4.39. The van der Waals surface area contributed by atoms with Gasteiger partial charge in [0.25, 0.3) is 5.91 Å². The van der Waals surface area contributed by atoms with E-state index in [1.807, 2.05) is 21.7 Å². The first-order valence-electron chi connectivity index (χ1n) is 6.27. The fourth-order valence-electron chi connectivity index (χ4n) is 2.86. The first-order chi connectivity index (χ1) is 8.69. The Morgan fingerprint density at radius 1 is 1.39 bits per heavy atom. The third-order valence-electron chi connectivity index (χ3n) is 4.08. The van der Waals surface area contributed by atoms with E-state index in [1.165, 1.54) is 0 Å². The predicted molar refractivity (Wildman–Crippen MR) is 69.5 cm³/mol. The van der Waals surface area contributed by atoms with Crippen molar-refractivity contribution in [3.63, 3.8) is 0 Å². The number of hydrogen-bond donors (Lipinski definition) is 1. The fraction of sp³-hybridized carbons (Fsp3) is 0.538. The SMILES string of the molecule is O=C1CC2(CCN(C(=O)c3ccsc3)CC2)CN1. The minimum absolute atomic E-state index is 0.114. The van der Waals surface area contributed by atoms with Gasteiger partial charge in [0.05, 0.1) is 5.56 Å². The maximum Gasteiger partial charge on any atom is 0.254 e. The molecule has 0 aliphatic carbocycles. The number of nitrogens with zero attached hydrogens (tertiary/aromatic N) is 1. The second-order valence-corrected chi connectivity index (χ2v) is 6.04. The number of likely N-dealkylation sites (tertiary alicyclic amines) is 1. The van der Waals surface area contributed by atoms with E-state index in [0.29, 0.717) is 6.42 Å². The lowest BCUT2D eigenvalue weighted by molar-refractivity contribution is -0.119. The highest BCUT2D eigenvalue weighted by atomic mass is 32.1. The summed E-state index contributed by atoms with van der Waals surface area (Å²) in [6, 6.07) is 1.87. The van der Waals surface area contributed by atoms with Crippen molar-refractivity contribution in [3.8, 4) is 0 Å². The van der Waals surface area contributed by atoms with Crippen LogP contribution in [0.5, 0.6) is 0 Å². The van der Waals surface area contributed by atoms with E-state index >= 15 is 0 Å². The molecule has 2 fully saturated rings. The van der Waals surface area contributed by atoms with Crippen molar-refractivity contribution in [2.45, 2.75) is 19.3 Å². The van der Waals surface area contributed by atoms with Crippen LogP contribution < -0.4 is 5.32 Å². The van der Waals surface area contributed by atoms with Gasteiger partial charge in [-0.1, -0.05) is 0 Å². The van der Waals surface area contributed by atoms with Gasteiger partial charge in [-0.25, -0.2) is 0 Å². The Morgan fingerprint density at radius 3 is 2.72 bits per heavy atom. The van der Waals surface area contributed by atoms with Crippen molar-refractivity contribution in [1.82, 2.24) is 10.2 Å². The van der Waals surface area contributed by atoms with Crippen molar-refractivity contribution in [1.29, 1.82) is 0 Å². The summed E-state index contributed by atoms with van der Waals surface area (Å²) < 4.78 is 0. The molecule has 0 unspecified atom stereocenters. The van der Waals surface area contributed by atoms with Crippen LogP contribution in [0.25, 0.3) is 0 Å². The van der Waals surface area contributed by atoms with E-state index in [2.05, 4.69) is 5.32 Å². The molecule has 18 heavy (non-hydrogen) atoms. The molecule has 3 heterocycles. The Morgan fingerprint density at radius 2 is 2.17 bits per heavy atom. The molecule has 0 aromatic carbocycles. The van der Waals surface area contributed by atoms with Gasteiger partial charge in [0, 0.05) is 31.4 Å². The molecule has 96 valence electrons. The van der Waals surface area contributed by atoms with Crippen molar-refractivity contribution in [2.24, 2.45) is 5.41 Å². The number of nitrogens with one attached hydrogen (secondary N) is 1. The number of carbonyl (C=O) groups is 2. The highest BCUT2D eigenvalue weighted by Gasteiger charge is 2.41. The highest BCUT2D eigenvalue weighted by molar-refractivity contribution is 7.08. The van der Waals surface area contributed by atoms with E-state index in [9.17, 15) is 9.59 Å². The average Bonchev–Trinajstić information content (AvgIpc) is 3.00. The summed E-state index contributed by atoms with van der Waals surface area (Å²) in [6.45, 7) is 2.32. The van der Waals surface area contributed by atoms with Crippen molar-refractivity contribution >= 4 is 23.2 Å². The first kappa shape index (κ1) is 11.7. The largest absolute Gasteiger partial charge is 0.356 e. The molecule has 2 aliphatic rings. The fourth-order valence-corrected chi connectivity index (χ4v) is 3.49. The number of thiophene rings is 1. The molecule has 2 aliphatic heterocycles. The van der Waals surface area contributed by atoms with E-state index < -0.39 is 0 Å². The summed E-state index contributed by atoms with van der Waals surface area (Å²) in [6.07, 6.45) is 2.50. The lowest BCUT2D eigenvalue weighted by Crippen LogP contribution is -2.43. The summed E-state index contributed by atoms with van der Waals surface area (Å²) in [5.74, 6) is 0.288. The minimum Gasteiger partial charge on any atom is -0.356 e. The molecule has 0 bridgehead atoms. The Hall–Kier alpha value is -1.36. The van der Waals surface area contributed by atoms with Crippen LogP contribution in [-0.2, 0) is 4.79 Å².